The SMILES string of the molecule is CC(C)(C)c1ccc(C=C(C=O)CCCl)c(Cl)c1. The molecule has 0 atom stereocenters. The van der Waals surface area contributed by atoms with E-state index in [4.69, 9.17) is 23.2 Å². The van der Waals surface area contributed by atoms with Crippen molar-refractivity contribution in [1.29, 1.82) is 0 Å². The van der Waals surface area contributed by atoms with Crippen molar-refractivity contribution < 1.29 is 4.79 Å². The fourth-order valence-corrected chi connectivity index (χ4v) is 2.04. The third-order valence-electron chi connectivity index (χ3n) is 2.74. The molecule has 0 unspecified atom stereocenters. The van der Waals surface area contributed by atoms with E-state index in [0.717, 1.165) is 11.8 Å². The number of carbonyl (C=O) groups excluding carboxylic acids is 1. The molecule has 0 fully saturated rings. The lowest BCUT2D eigenvalue weighted by Crippen LogP contribution is -2.10. The second-order valence-corrected chi connectivity index (χ2v) is 6.05. The Bertz CT molecular complexity index is 456. The van der Waals surface area contributed by atoms with Gasteiger partial charge in [-0.05, 0) is 40.7 Å². The fourth-order valence-electron chi connectivity index (χ4n) is 1.58. The molecular formula is C15H18Cl2O. The lowest BCUT2D eigenvalue weighted by molar-refractivity contribution is -0.104. The lowest BCUT2D eigenvalue weighted by Gasteiger charge is -2.19. The Morgan fingerprint density at radius 2 is 2.00 bits per heavy atom. The van der Waals surface area contributed by atoms with E-state index in [1.54, 1.807) is 6.08 Å². The summed E-state index contributed by atoms with van der Waals surface area (Å²) >= 11 is 11.9. The maximum absolute atomic E-state index is 10.9. The summed E-state index contributed by atoms with van der Waals surface area (Å²) in [6.07, 6.45) is 3.18. The smallest absolute Gasteiger partial charge is 0.146 e. The van der Waals surface area contributed by atoms with Crippen LogP contribution in [0, 0.1) is 0 Å². The van der Waals surface area contributed by atoms with Crippen LogP contribution in [0.15, 0.2) is 23.8 Å². The highest BCUT2D eigenvalue weighted by Gasteiger charge is 2.14. The molecule has 0 N–H and O–H groups in total. The lowest BCUT2D eigenvalue weighted by atomic mass is 9.86. The molecule has 0 spiro atoms. The number of allylic oxidation sites excluding steroid dienone is 1. The van der Waals surface area contributed by atoms with E-state index in [1.165, 1.54) is 5.56 Å². The van der Waals surface area contributed by atoms with Gasteiger partial charge in [0.25, 0.3) is 0 Å². The number of hydrogen-bond donors (Lipinski definition) is 0. The maximum atomic E-state index is 10.9. The van der Waals surface area contributed by atoms with Crippen molar-refractivity contribution in [2.24, 2.45) is 0 Å². The average Bonchev–Trinajstić information content (AvgIpc) is 2.29. The van der Waals surface area contributed by atoms with Crippen LogP contribution in [0.2, 0.25) is 5.02 Å². The first-order valence-corrected chi connectivity index (χ1v) is 6.81. The van der Waals surface area contributed by atoms with Crippen molar-refractivity contribution >= 4 is 35.6 Å². The molecule has 0 aromatic heterocycles. The van der Waals surface area contributed by atoms with E-state index in [-0.39, 0.29) is 5.41 Å². The summed E-state index contributed by atoms with van der Waals surface area (Å²) in [6, 6.07) is 5.94. The van der Waals surface area contributed by atoms with E-state index in [2.05, 4.69) is 20.8 Å². The summed E-state index contributed by atoms with van der Waals surface area (Å²) in [4.78, 5) is 10.9. The molecule has 0 amide bonds. The number of halogens is 2. The Hall–Kier alpha value is -0.790. The summed E-state index contributed by atoms with van der Waals surface area (Å²) in [6.45, 7) is 6.41. The second kappa shape index (κ2) is 6.40. The molecule has 18 heavy (non-hydrogen) atoms. The van der Waals surface area contributed by atoms with Crippen LogP contribution in [0.4, 0.5) is 0 Å². The molecule has 3 heteroatoms. The van der Waals surface area contributed by atoms with E-state index in [9.17, 15) is 4.79 Å². The second-order valence-electron chi connectivity index (χ2n) is 5.26. The largest absolute Gasteiger partial charge is 0.298 e. The van der Waals surface area contributed by atoms with Gasteiger partial charge >= 0.3 is 0 Å². The van der Waals surface area contributed by atoms with Crippen LogP contribution < -0.4 is 0 Å². The Balaban J connectivity index is 3.10. The number of carbonyl (C=O) groups is 1. The van der Waals surface area contributed by atoms with Gasteiger partial charge in [0.05, 0.1) is 0 Å². The third-order valence-corrected chi connectivity index (χ3v) is 3.26. The highest BCUT2D eigenvalue weighted by Crippen LogP contribution is 2.28. The van der Waals surface area contributed by atoms with Crippen LogP contribution in [-0.4, -0.2) is 12.2 Å². The van der Waals surface area contributed by atoms with Crippen LogP contribution in [0.5, 0.6) is 0 Å². The average molecular weight is 285 g/mol. The van der Waals surface area contributed by atoms with Crippen molar-refractivity contribution in [3.63, 3.8) is 0 Å². The fraction of sp³-hybridized carbons (Fsp3) is 0.400. The molecule has 98 valence electrons. The number of benzene rings is 1. The summed E-state index contributed by atoms with van der Waals surface area (Å²) in [7, 11) is 0. The van der Waals surface area contributed by atoms with Crippen LogP contribution >= 0.6 is 23.2 Å². The van der Waals surface area contributed by atoms with Gasteiger partial charge in [-0.2, -0.15) is 0 Å². The summed E-state index contributed by atoms with van der Waals surface area (Å²) in [5.74, 6) is 0.433. The summed E-state index contributed by atoms with van der Waals surface area (Å²) in [5.41, 5.74) is 2.76. The van der Waals surface area contributed by atoms with Crippen LogP contribution in [-0.2, 0) is 10.2 Å². The quantitative estimate of drug-likeness (QED) is 0.439. The predicted octanol–water partition coefficient (Wildman–Crippen LogP) is 4.85. The molecule has 1 aromatic carbocycles. The van der Waals surface area contributed by atoms with Gasteiger partial charge in [-0.3, -0.25) is 4.79 Å². The highest BCUT2D eigenvalue weighted by atomic mass is 35.5. The Morgan fingerprint density at radius 1 is 1.33 bits per heavy atom. The molecule has 1 nitrogen and oxygen atoms in total. The number of aldehydes is 1. The minimum absolute atomic E-state index is 0.0650. The molecule has 0 saturated carbocycles. The van der Waals surface area contributed by atoms with Gasteiger partial charge < -0.3 is 0 Å². The van der Waals surface area contributed by atoms with Crippen LogP contribution in [0.25, 0.3) is 6.08 Å². The molecule has 1 aromatic rings. The number of alkyl halides is 1. The Kier molecular flexibility index (Phi) is 5.43. The van der Waals surface area contributed by atoms with E-state index < -0.39 is 0 Å². The molecule has 0 radical (unpaired) electrons. The maximum Gasteiger partial charge on any atom is 0.146 e. The summed E-state index contributed by atoms with van der Waals surface area (Å²) in [5, 5.41) is 0.663. The van der Waals surface area contributed by atoms with Crippen LogP contribution in [0.1, 0.15) is 38.3 Å². The topological polar surface area (TPSA) is 17.1 Å². The number of hydrogen-bond acceptors (Lipinski definition) is 1. The zero-order valence-electron chi connectivity index (χ0n) is 11.0. The standard InChI is InChI=1S/C15H18Cl2O/c1-15(2,3)13-5-4-12(14(17)9-13)8-11(10-18)6-7-16/h4-5,8-10H,6-7H2,1-3H3. The highest BCUT2D eigenvalue weighted by molar-refractivity contribution is 6.32. The van der Waals surface area contributed by atoms with Gasteiger partial charge in [-0.1, -0.05) is 44.5 Å². The van der Waals surface area contributed by atoms with Crippen molar-refractivity contribution in [3.05, 3.63) is 39.9 Å². The van der Waals surface area contributed by atoms with Crippen molar-refractivity contribution in [2.45, 2.75) is 32.6 Å². The van der Waals surface area contributed by atoms with Gasteiger partial charge in [0, 0.05) is 10.9 Å². The zero-order valence-corrected chi connectivity index (χ0v) is 12.5. The molecule has 0 aliphatic carbocycles. The minimum atomic E-state index is 0.0650. The molecule has 0 aliphatic rings. The van der Waals surface area contributed by atoms with Crippen molar-refractivity contribution in [2.75, 3.05) is 5.88 Å². The van der Waals surface area contributed by atoms with Gasteiger partial charge in [0.2, 0.25) is 0 Å². The molecule has 0 bridgehead atoms. The molecule has 0 heterocycles. The molecule has 0 aliphatic heterocycles. The predicted molar refractivity (Wildman–Crippen MR) is 79.5 cm³/mol. The zero-order chi connectivity index (χ0) is 13.8. The van der Waals surface area contributed by atoms with E-state index in [0.29, 0.717) is 22.9 Å². The first-order valence-electron chi connectivity index (χ1n) is 5.90. The third kappa shape index (κ3) is 4.15. The van der Waals surface area contributed by atoms with Crippen molar-refractivity contribution in [3.8, 4) is 0 Å². The van der Waals surface area contributed by atoms with Crippen molar-refractivity contribution in [1.82, 2.24) is 0 Å². The normalized spacial score (nSPS) is 12.6. The minimum Gasteiger partial charge on any atom is -0.298 e. The van der Waals surface area contributed by atoms with E-state index in [1.807, 2.05) is 18.2 Å². The first-order chi connectivity index (χ1) is 8.38. The van der Waals surface area contributed by atoms with Gasteiger partial charge in [0.15, 0.2) is 0 Å². The number of rotatable bonds is 4. The molecule has 0 saturated heterocycles. The van der Waals surface area contributed by atoms with Crippen LogP contribution in [0.3, 0.4) is 0 Å². The first kappa shape index (κ1) is 15.3. The van der Waals surface area contributed by atoms with Gasteiger partial charge in [0.1, 0.15) is 6.29 Å². The monoisotopic (exact) mass is 284 g/mol. The Labute approximate surface area is 119 Å². The van der Waals surface area contributed by atoms with Gasteiger partial charge in [-0.15, -0.1) is 11.6 Å². The summed E-state index contributed by atoms with van der Waals surface area (Å²) < 4.78 is 0. The molecule has 1 rings (SSSR count). The van der Waals surface area contributed by atoms with Gasteiger partial charge in [-0.25, -0.2) is 0 Å². The Morgan fingerprint density at radius 3 is 2.44 bits per heavy atom. The van der Waals surface area contributed by atoms with E-state index >= 15 is 0 Å². The molecular weight excluding hydrogens is 267 g/mol.